The lowest BCUT2D eigenvalue weighted by atomic mass is 11.8. The summed E-state index contributed by atoms with van der Waals surface area (Å²) >= 11 is -0.139. The number of hydrogen-bond donors (Lipinski definition) is 6. The van der Waals surface area contributed by atoms with Gasteiger partial charge < -0.3 is 29.4 Å². The van der Waals surface area contributed by atoms with Crippen molar-refractivity contribution < 1.29 is 29.4 Å². The second-order valence-electron chi connectivity index (χ2n) is 2.33. The lowest BCUT2D eigenvalue weighted by molar-refractivity contribution is 0.117. The Labute approximate surface area is 84.6 Å². The summed E-state index contributed by atoms with van der Waals surface area (Å²) in [6, 6.07) is 0. The van der Waals surface area contributed by atoms with Crippen LogP contribution >= 0.6 is 0 Å². The molecule has 13 heavy (non-hydrogen) atoms. The molecule has 0 aromatic carbocycles. The Morgan fingerprint density at radius 2 is 0.692 bits per heavy atom. The first-order valence-electron chi connectivity index (χ1n) is 3.52. The van der Waals surface area contributed by atoms with Gasteiger partial charge in [-0.25, -0.2) is 0 Å². The molecule has 0 unspecified atom stereocenters. The van der Waals surface area contributed by atoms with E-state index in [1.54, 1.807) is 0 Å². The van der Waals surface area contributed by atoms with Gasteiger partial charge in [0.2, 0.25) is 0 Å². The minimum atomic E-state index is -4.61. The Hall–Kier alpha value is 0.509. The molecular formula is C5H21AlO6Si. The molecule has 6 nitrogen and oxygen atoms in total. The van der Waals surface area contributed by atoms with Crippen LogP contribution in [0.2, 0.25) is 17.4 Å². The SMILES string of the molecule is CO.CO.O[Si](O)(O)O.[CH3][Al]([CH3])[CH3]. The Morgan fingerprint density at radius 1 is 0.692 bits per heavy atom. The maximum Gasteiger partial charge on any atom is 0.668 e. The third-order valence-corrected chi connectivity index (χ3v) is 0. The zero-order valence-corrected chi connectivity index (χ0v) is 10.9. The molecular weight excluding hydrogens is 211 g/mol. The first-order valence-corrected chi connectivity index (χ1v) is 8.77. The van der Waals surface area contributed by atoms with Crippen LogP contribution in [0.5, 0.6) is 0 Å². The van der Waals surface area contributed by atoms with Crippen molar-refractivity contribution in [1.29, 1.82) is 0 Å². The molecule has 0 aromatic rings. The predicted molar refractivity (Wildman–Crippen MR) is 54.3 cm³/mol. The van der Waals surface area contributed by atoms with Crippen LogP contribution in [0.3, 0.4) is 0 Å². The molecule has 0 amide bonds. The highest BCUT2D eigenvalue weighted by atomic mass is 28.4. The molecule has 0 rings (SSSR count). The molecule has 0 spiro atoms. The first-order chi connectivity index (χ1) is 5.73. The van der Waals surface area contributed by atoms with Gasteiger partial charge in [-0.2, -0.15) is 0 Å². The van der Waals surface area contributed by atoms with Gasteiger partial charge in [0.25, 0.3) is 14.1 Å². The summed E-state index contributed by atoms with van der Waals surface area (Å²) < 4.78 is 0. The molecule has 0 aliphatic carbocycles. The van der Waals surface area contributed by atoms with E-state index in [0.29, 0.717) is 0 Å². The number of hydrogen-bond acceptors (Lipinski definition) is 6. The average molecular weight is 232 g/mol. The van der Waals surface area contributed by atoms with E-state index in [0.717, 1.165) is 14.2 Å². The fraction of sp³-hybridized carbons (Fsp3) is 1.00. The molecule has 0 atom stereocenters. The highest BCUT2D eigenvalue weighted by Crippen LogP contribution is 1.68. The molecule has 0 aliphatic rings. The molecule has 0 heterocycles. The maximum absolute atomic E-state index is 7.33. The molecule has 6 N–H and O–H groups in total. The quantitative estimate of drug-likeness (QED) is 0.268. The van der Waals surface area contributed by atoms with Crippen molar-refractivity contribution in [2.75, 3.05) is 14.2 Å². The van der Waals surface area contributed by atoms with Gasteiger partial charge >= 0.3 is 9.05 Å². The second-order valence-corrected chi connectivity index (χ2v) is 7.00. The Balaban J connectivity index is -0.0000000457. The van der Waals surface area contributed by atoms with Crippen molar-refractivity contribution in [2.24, 2.45) is 0 Å². The topological polar surface area (TPSA) is 121 Å². The van der Waals surface area contributed by atoms with Crippen LogP contribution in [0.4, 0.5) is 0 Å². The summed E-state index contributed by atoms with van der Waals surface area (Å²) in [6.07, 6.45) is 0. The summed E-state index contributed by atoms with van der Waals surface area (Å²) in [7, 11) is -2.61. The van der Waals surface area contributed by atoms with E-state index in [2.05, 4.69) is 17.4 Å². The molecule has 0 aromatic heterocycles. The van der Waals surface area contributed by atoms with Crippen molar-refractivity contribution in [2.45, 2.75) is 17.4 Å². The van der Waals surface area contributed by atoms with Gasteiger partial charge in [0, 0.05) is 14.2 Å². The molecule has 84 valence electrons. The third kappa shape index (κ3) is 5330. The lowest BCUT2D eigenvalue weighted by Crippen LogP contribution is -2.33. The van der Waals surface area contributed by atoms with Crippen LogP contribution in [0.1, 0.15) is 0 Å². The third-order valence-electron chi connectivity index (χ3n) is 0. The minimum Gasteiger partial charge on any atom is -0.400 e. The van der Waals surface area contributed by atoms with Crippen molar-refractivity contribution in [3.05, 3.63) is 0 Å². The average Bonchev–Trinajstić information content (AvgIpc) is 1.90. The Kier molecular flexibility index (Phi) is 33.0. The first kappa shape index (κ1) is 23.4. The van der Waals surface area contributed by atoms with Gasteiger partial charge in [-0.05, 0) is 0 Å². The summed E-state index contributed by atoms with van der Waals surface area (Å²) in [5.74, 6) is 6.92. The summed E-state index contributed by atoms with van der Waals surface area (Å²) in [5.41, 5.74) is 0. The summed E-state index contributed by atoms with van der Waals surface area (Å²) in [6.45, 7) is 0. The van der Waals surface area contributed by atoms with Crippen LogP contribution in [0, 0.1) is 0 Å². The van der Waals surface area contributed by atoms with Crippen molar-refractivity contribution in [3.8, 4) is 0 Å². The van der Waals surface area contributed by atoms with Gasteiger partial charge in [0.1, 0.15) is 0 Å². The minimum absolute atomic E-state index is 0.139. The van der Waals surface area contributed by atoms with Gasteiger partial charge in [0.15, 0.2) is 0 Å². The second kappa shape index (κ2) is 18.3. The number of aliphatic hydroxyl groups excluding tert-OH is 2. The molecule has 0 saturated heterocycles. The van der Waals surface area contributed by atoms with Crippen LogP contribution in [-0.4, -0.2) is 66.8 Å². The van der Waals surface area contributed by atoms with Gasteiger partial charge in [0.05, 0.1) is 0 Å². The monoisotopic (exact) mass is 232 g/mol. The van der Waals surface area contributed by atoms with Crippen molar-refractivity contribution >= 4 is 23.2 Å². The molecule has 0 bridgehead atoms. The zero-order chi connectivity index (χ0) is 12.1. The molecule has 0 radical (unpaired) electrons. The van der Waals surface area contributed by atoms with Crippen molar-refractivity contribution in [1.82, 2.24) is 0 Å². The largest absolute Gasteiger partial charge is 0.668 e. The predicted octanol–water partition coefficient (Wildman–Crippen LogP) is -2.02. The maximum atomic E-state index is 7.33. The lowest BCUT2D eigenvalue weighted by Gasteiger charge is -1.91. The highest BCUT2D eigenvalue weighted by Gasteiger charge is 2.22. The van der Waals surface area contributed by atoms with E-state index in [1.807, 2.05) is 0 Å². The van der Waals surface area contributed by atoms with Crippen LogP contribution in [0.25, 0.3) is 0 Å². The van der Waals surface area contributed by atoms with Crippen LogP contribution in [0.15, 0.2) is 0 Å². The summed E-state index contributed by atoms with van der Waals surface area (Å²) in [4.78, 5) is 29.3. The Morgan fingerprint density at radius 3 is 0.692 bits per heavy atom. The fourth-order valence-electron chi connectivity index (χ4n) is 0. The fourth-order valence-corrected chi connectivity index (χ4v) is 0. The van der Waals surface area contributed by atoms with Gasteiger partial charge in [-0.3, -0.25) is 0 Å². The number of aliphatic hydroxyl groups is 2. The van der Waals surface area contributed by atoms with E-state index in [4.69, 9.17) is 29.4 Å². The van der Waals surface area contributed by atoms with E-state index in [9.17, 15) is 0 Å². The molecule has 8 heteroatoms. The standard InChI is InChI=1S/2CH4O.3CH3.Al.H4O4Si/c2*1-2;;;;;1-5(2,3)4/h2*2H,1H3;3*1H3;;1-4H. The highest BCUT2D eigenvalue weighted by molar-refractivity contribution is 6.54. The molecule has 0 saturated carbocycles. The van der Waals surface area contributed by atoms with Crippen LogP contribution < -0.4 is 0 Å². The van der Waals surface area contributed by atoms with E-state index < -0.39 is 9.05 Å². The molecule has 0 fully saturated rings. The van der Waals surface area contributed by atoms with E-state index >= 15 is 0 Å². The Bertz CT molecular complexity index is 57.8. The normalized spacial score (nSPS) is 7.62. The van der Waals surface area contributed by atoms with Gasteiger partial charge in [-0.1, -0.05) is 0 Å². The van der Waals surface area contributed by atoms with Gasteiger partial charge in [-0.15, -0.1) is 17.4 Å². The number of rotatable bonds is 0. The van der Waals surface area contributed by atoms with E-state index in [-0.39, 0.29) is 14.1 Å². The van der Waals surface area contributed by atoms with Crippen molar-refractivity contribution in [3.63, 3.8) is 0 Å². The smallest absolute Gasteiger partial charge is 0.400 e. The molecule has 0 aliphatic heterocycles. The summed E-state index contributed by atoms with van der Waals surface area (Å²) in [5, 5.41) is 14.0. The van der Waals surface area contributed by atoms with Crippen LogP contribution in [-0.2, 0) is 0 Å². The van der Waals surface area contributed by atoms with E-state index in [1.165, 1.54) is 0 Å². The zero-order valence-electron chi connectivity index (χ0n) is 8.76.